The summed E-state index contributed by atoms with van der Waals surface area (Å²) in [6.45, 7) is 1.67. The molecule has 1 saturated carbocycles. The number of ketones is 1. The SMILES string of the molecule is O=C1CCC(c2nccc(C3CCOCC3)n2)CC1. The van der Waals surface area contributed by atoms with E-state index >= 15 is 0 Å². The molecule has 3 rings (SSSR count). The van der Waals surface area contributed by atoms with E-state index in [0.29, 0.717) is 30.5 Å². The minimum absolute atomic E-state index is 0.373. The Morgan fingerprint density at radius 3 is 2.53 bits per heavy atom. The molecule has 0 aromatic carbocycles. The van der Waals surface area contributed by atoms with Gasteiger partial charge in [-0.25, -0.2) is 9.97 Å². The summed E-state index contributed by atoms with van der Waals surface area (Å²) in [5, 5.41) is 0. The molecule has 19 heavy (non-hydrogen) atoms. The third kappa shape index (κ3) is 3.00. The molecule has 0 radical (unpaired) electrons. The Kier molecular flexibility index (Phi) is 3.87. The Bertz CT molecular complexity index is 445. The molecule has 1 aromatic rings. The summed E-state index contributed by atoms with van der Waals surface area (Å²) in [4.78, 5) is 20.5. The molecule has 1 aliphatic carbocycles. The highest BCUT2D eigenvalue weighted by molar-refractivity contribution is 5.79. The predicted molar refractivity (Wildman–Crippen MR) is 71.0 cm³/mol. The van der Waals surface area contributed by atoms with E-state index in [-0.39, 0.29) is 0 Å². The van der Waals surface area contributed by atoms with Gasteiger partial charge in [0.2, 0.25) is 0 Å². The summed E-state index contributed by atoms with van der Waals surface area (Å²) in [6.07, 6.45) is 7.19. The van der Waals surface area contributed by atoms with E-state index in [4.69, 9.17) is 9.72 Å². The molecule has 102 valence electrons. The zero-order chi connectivity index (χ0) is 13.1. The zero-order valence-corrected chi connectivity index (χ0v) is 11.2. The van der Waals surface area contributed by atoms with Crippen molar-refractivity contribution in [2.45, 2.75) is 50.4 Å². The van der Waals surface area contributed by atoms with E-state index in [1.54, 1.807) is 0 Å². The minimum atomic E-state index is 0.373. The summed E-state index contributed by atoms with van der Waals surface area (Å²) >= 11 is 0. The Morgan fingerprint density at radius 2 is 1.79 bits per heavy atom. The fourth-order valence-electron chi connectivity index (χ4n) is 3.00. The van der Waals surface area contributed by atoms with Gasteiger partial charge in [0.15, 0.2) is 0 Å². The van der Waals surface area contributed by atoms with Crippen molar-refractivity contribution in [1.82, 2.24) is 9.97 Å². The van der Waals surface area contributed by atoms with E-state index in [1.807, 2.05) is 12.3 Å². The summed E-state index contributed by atoms with van der Waals surface area (Å²) in [5.41, 5.74) is 1.16. The first-order valence-corrected chi connectivity index (χ1v) is 7.25. The number of ether oxygens (including phenoxy) is 1. The van der Waals surface area contributed by atoms with Gasteiger partial charge < -0.3 is 4.74 Å². The Hall–Kier alpha value is -1.29. The maximum absolute atomic E-state index is 11.3. The van der Waals surface area contributed by atoms with Gasteiger partial charge in [-0.2, -0.15) is 0 Å². The second-order valence-corrected chi connectivity index (χ2v) is 5.54. The first kappa shape index (κ1) is 12.7. The largest absolute Gasteiger partial charge is 0.381 e. The highest BCUT2D eigenvalue weighted by atomic mass is 16.5. The van der Waals surface area contributed by atoms with Crippen molar-refractivity contribution in [3.8, 4) is 0 Å². The van der Waals surface area contributed by atoms with Gasteiger partial charge in [-0.05, 0) is 31.7 Å². The van der Waals surface area contributed by atoms with Crippen LogP contribution in [0, 0.1) is 0 Å². The number of carbonyl (C=O) groups is 1. The molecular weight excluding hydrogens is 240 g/mol. The first-order valence-electron chi connectivity index (χ1n) is 7.25. The van der Waals surface area contributed by atoms with E-state index in [0.717, 1.165) is 50.4 Å². The Labute approximate surface area is 113 Å². The van der Waals surface area contributed by atoms with Crippen LogP contribution in [0.15, 0.2) is 12.3 Å². The monoisotopic (exact) mass is 260 g/mol. The molecule has 2 heterocycles. The van der Waals surface area contributed by atoms with Crippen LogP contribution in [0.5, 0.6) is 0 Å². The van der Waals surface area contributed by atoms with Crippen LogP contribution in [0.25, 0.3) is 0 Å². The lowest BCUT2D eigenvalue weighted by Gasteiger charge is -2.23. The Morgan fingerprint density at radius 1 is 1.05 bits per heavy atom. The minimum Gasteiger partial charge on any atom is -0.381 e. The van der Waals surface area contributed by atoms with Crippen molar-refractivity contribution in [2.75, 3.05) is 13.2 Å². The van der Waals surface area contributed by atoms with Crippen molar-refractivity contribution in [3.05, 3.63) is 23.8 Å². The second kappa shape index (κ2) is 5.78. The van der Waals surface area contributed by atoms with Gasteiger partial charge in [-0.15, -0.1) is 0 Å². The van der Waals surface area contributed by atoms with Crippen LogP contribution in [0.2, 0.25) is 0 Å². The summed E-state index contributed by atoms with van der Waals surface area (Å²) < 4.78 is 5.40. The number of nitrogens with zero attached hydrogens (tertiary/aromatic N) is 2. The maximum atomic E-state index is 11.3. The van der Waals surface area contributed by atoms with Crippen LogP contribution in [-0.4, -0.2) is 29.0 Å². The molecule has 0 spiro atoms. The third-order valence-electron chi connectivity index (χ3n) is 4.24. The van der Waals surface area contributed by atoms with Crippen molar-refractivity contribution in [3.63, 3.8) is 0 Å². The van der Waals surface area contributed by atoms with E-state index in [2.05, 4.69) is 4.98 Å². The number of hydrogen-bond acceptors (Lipinski definition) is 4. The van der Waals surface area contributed by atoms with Gasteiger partial charge in [0.1, 0.15) is 11.6 Å². The van der Waals surface area contributed by atoms with Gasteiger partial charge in [0, 0.05) is 49.8 Å². The standard InChI is InChI=1S/C15H20N2O2/c18-13-3-1-12(2-4-13)15-16-8-5-14(17-15)11-6-9-19-10-7-11/h5,8,11-12H,1-4,6-7,9-10H2. The normalized spacial score (nSPS) is 22.6. The van der Waals surface area contributed by atoms with Crippen LogP contribution in [0.3, 0.4) is 0 Å². The van der Waals surface area contributed by atoms with Gasteiger partial charge in [-0.1, -0.05) is 0 Å². The first-order chi connectivity index (χ1) is 9.33. The van der Waals surface area contributed by atoms with Gasteiger partial charge >= 0.3 is 0 Å². The number of Topliss-reactive ketones (excluding diaryl/α,β-unsaturated/α-hetero) is 1. The number of hydrogen-bond donors (Lipinski definition) is 0. The van der Waals surface area contributed by atoms with Crippen LogP contribution in [0.1, 0.15) is 61.9 Å². The molecule has 4 nitrogen and oxygen atoms in total. The Balaban J connectivity index is 1.73. The maximum Gasteiger partial charge on any atom is 0.132 e. The molecule has 2 fully saturated rings. The molecular formula is C15H20N2O2. The fraction of sp³-hybridized carbons (Fsp3) is 0.667. The topological polar surface area (TPSA) is 52.1 Å². The quantitative estimate of drug-likeness (QED) is 0.820. The van der Waals surface area contributed by atoms with Gasteiger partial charge in [-0.3, -0.25) is 4.79 Å². The zero-order valence-electron chi connectivity index (χ0n) is 11.2. The third-order valence-corrected chi connectivity index (χ3v) is 4.24. The molecule has 4 heteroatoms. The predicted octanol–water partition coefficient (Wildman–Crippen LogP) is 2.60. The van der Waals surface area contributed by atoms with Gasteiger partial charge in [0.05, 0.1) is 0 Å². The molecule has 1 saturated heterocycles. The second-order valence-electron chi connectivity index (χ2n) is 5.54. The number of aromatic nitrogens is 2. The average Bonchev–Trinajstić information content (AvgIpc) is 2.49. The van der Waals surface area contributed by atoms with Crippen molar-refractivity contribution < 1.29 is 9.53 Å². The number of carbonyl (C=O) groups excluding carboxylic acids is 1. The van der Waals surface area contributed by atoms with Crippen LogP contribution in [-0.2, 0) is 9.53 Å². The lowest BCUT2D eigenvalue weighted by molar-refractivity contribution is -0.120. The highest BCUT2D eigenvalue weighted by Crippen LogP contribution is 2.31. The van der Waals surface area contributed by atoms with Gasteiger partial charge in [0.25, 0.3) is 0 Å². The highest BCUT2D eigenvalue weighted by Gasteiger charge is 2.24. The molecule has 1 aromatic heterocycles. The molecule has 0 amide bonds. The van der Waals surface area contributed by atoms with E-state index in [9.17, 15) is 4.79 Å². The molecule has 2 aliphatic rings. The van der Waals surface area contributed by atoms with E-state index in [1.165, 1.54) is 0 Å². The van der Waals surface area contributed by atoms with Crippen LogP contribution >= 0.6 is 0 Å². The van der Waals surface area contributed by atoms with Crippen molar-refractivity contribution in [2.24, 2.45) is 0 Å². The number of rotatable bonds is 2. The molecule has 0 bridgehead atoms. The summed E-state index contributed by atoms with van der Waals surface area (Å²) in [6, 6.07) is 2.04. The van der Waals surface area contributed by atoms with Crippen molar-refractivity contribution >= 4 is 5.78 Å². The summed E-state index contributed by atoms with van der Waals surface area (Å²) in [7, 11) is 0. The molecule has 1 aliphatic heterocycles. The van der Waals surface area contributed by atoms with Crippen LogP contribution < -0.4 is 0 Å². The molecule has 0 atom stereocenters. The lowest BCUT2D eigenvalue weighted by Crippen LogP contribution is -2.18. The average molecular weight is 260 g/mol. The van der Waals surface area contributed by atoms with Crippen LogP contribution in [0.4, 0.5) is 0 Å². The molecule has 0 unspecified atom stereocenters. The summed E-state index contributed by atoms with van der Waals surface area (Å²) in [5.74, 6) is 2.21. The van der Waals surface area contributed by atoms with Crippen molar-refractivity contribution in [1.29, 1.82) is 0 Å². The lowest BCUT2D eigenvalue weighted by atomic mass is 9.87. The fourth-order valence-corrected chi connectivity index (χ4v) is 3.00. The molecule has 0 N–H and O–H groups in total. The van der Waals surface area contributed by atoms with E-state index < -0.39 is 0 Å². The smallest absolute Gasteiger partial charge is 0.132 e.